The number of carbonyl (C=O) groups excluding carboxylic acids is 6. The molecular formula is C37H56N8O14. The van der Waals surface area contributed by atoms with Crippen molar-refractivity contribution in [2.45, 2.75) is 27.7 Å². The Balaban J connectivity index is 3.66. The number of hydrogen-bond donors (Lipinski definition) is 2. The number of likely N-dealkylation sites (N-methyl/N-ethyl adjacent to an activating group) is 2. The van der Waals surface area contributed by atoms with Crippen molar-refractivity contribution < 1.29 is 66.7 Å². The summed E-state index contributed by atoms with van der Waals surface area (Å²) in [7, 11) is 2.85. The third-order valence-corrected chi connectivity index (χ3v) is 6.90. The van der Waals surface area contributed by atoms with E-state index in [1.807, 2.05) is 0 Å². The first-order valence-electron chi connectivity index (χ1n) is 18.0. The van der Waals surface area contributed by atoms with E-state index in [0.717, 1.165) is 0 Å². The number of hydrogen-bond acceptors (Lipinski definition) is 20. The summed E-state index contributed by atoms with van der Waals surface area (Å²) in [6.45, 7) is 17.6. The van der Waals surface area contributed by atoms with Crippen molar-refractivity contribution in [3.05, 3.63) is 48.6 Å². The van der Waals surface area contributed by atoms with Crippen molar-refractivity contribution in [3.8, 4) is 0 Å². The second kappa shape index (κ2) is 28.4. The van der Waals surface area contributed by atoms with Gasteiger partial charge in [0.1, 0.15) is 66.4 Å². The van der Waals surface area contributed by atoms with Crippen molar-refractivity contribution in [1.82, 2.24) is 25.6 Å². The molecule has 22 nitrogen and oxygen atoms in total. The van der Waals surface area contributed by atoms with Crippen LogP contribution >= 0.6 is 0 Å². The fraction of sp³-hybridized carbons (Fsp3) is 0.541. The normalized spacial score (nSPS) is 10.4. The van der Waals surface area contributed by atoms with Gasteiger partial charge in [-0.2, -0.15) is 15.0 Å². The fourth-order valence-electron chi connectivity index (χ4n) is 3.74. The average molecular weight is 837 g/mol. The molecule has 0 atom stereocenters. The number of ether oxygens (including phenoxy) is 8. The summed E-state index contributed by atoms with van der Waals surface area (Å²) in [5, 5.41) is 5.05. The van der Waals surface area contributed by atoms with Crippen molar-refractivity contribution in [2.24, 2.45) is 0 Å². The first-order valence-corrected chi connectivity index (χ1v) is 18.0. The molecule has 2 N–H and O–H groups in total. The molecule has 2 amide bonds. The Morgan fingerprint density at radius 2 is 0.678 bits per heavy atom. The highest BCUT2D eigenvalue weighted by Gasteiger charge is 2.24. The molecule has 0 saturated carbocycles. The molecule has 0 aliphatic carbocycles. The van der Waals surface area contributed by atoms with E-state index >= 15 is 0 Å². The van der Waals surface area contributed by atoms with Crippen LogP contribution in [0.3, 0.4) is 0 Å². The molecule has 0 bridgehead atoms. The Bertz CT molecular complexity index is 1530. The van der Waals surface area contributed by atoms with Gasteiger partial charge in [0.15, 0.2) is 0 Å². The van der Waals surface area contributed by atoms with Gasteiger partial charge in [0, 0.05) is 36.4 Å². The molecule has 0 radical (unpaired) electrons. The number of nitrogens with zero attached hydrogens (tertiary/aromatic N) is 6. The SMILES string of the molecule is C=C(C)C(=O)OCCOCN(COCCOC(=O)C(=C)C)c1nc(N(COCCOC(=O)C(=C)C)CC(=O)NC)nc(N(COCCOC(=O)C(=C)C)CC(=O)NC)n1. The van der Waals surface area contributed by atoms with Gasteiger partial charge in [-0.1, -0.05) is 26.3 Å². The van der Waals surface area contributed by atoms with Gasteiger partial charge in [-0.3, -0.25) is 14.5 Å². The van der Waals surface area contributed by atoms with Gasteiger partial charge in [-0.05, 0) is 27.7 Å². The zero-order chi connectivity index (χ0) is 44.3. The Hall–Kier alpha value is -5.97. The third-order valence-electron chi connectivity index (χ3n) is 6.90. The number of anilines is 3. The maximum atomic E-state index is 12.7. The lowest BCUT2D eigenvalue weighted by molar-refractivity contribution is -0.141. The molecule has 0 aliphatic heterocycles. The highest BCUT2D eigenvalue weighted by Crippen LogP contribution is 2.20. The predicted molar refractivity (Wildman–Crippen MR) is 211 cm³/mol. The lowest BCUT2D eigenvalue weighted by Crippen LogP contribution is -2.41. The summed E-state index contributed by atoms with van der Waals surface area (Å²) in [5.74, 6) is -3.70. The average Bonchev–Trinajstić information content (AvgIpc) is 3.20. The number of rotatable bonds is 31. The summed E-state index contributed by atoms with van der Waals surface area (Å²) in [6.07, 6.45) is 0. The third kappa shape index (κ3) is 21.4. The minimum atomic E-state index is -0.609. The van der Waals surface area contributed by atoms with Crippen LogP contribution in [0.25, 0.3) is 0 Å². The lowest BCUT2D eigenvalue weighted by atomic mass is 10.4. The zero-order valence-electron chi connectivity index (χ0n) is 34.6. The zero-order valence-corrected chi connectivity index (χ0v) is 34.6. The molecule has 1 aromatic heterocycles. The molecule has 0 spiro atoms. The van der Waals surface area contributed by atoms with Crippen LogP contribution in [-0.2, 0) is 66.7 Å². The largest absolute Gasteiger partial charge is 0.460 e. The second-order valence-corrected chi connectivity index (χ2v) is 12.3. The Kier molecular flexibility index (Phi) is 24.6. The number of carbonyl (C=O) groups is 6. The van der Waals surface area contributed by atoms with Crippen molar-refractivity contribution in [2.75, 3.05) is 122 Å². The quantitative estimate of drug-likeness (QED) is 0.0332. The minimum Gasteiger partial charge on any atom is -0.460 e. The van der Waals surface area contributed by atoms with Gasteiger partial charge in [-0.15, -0.1) is 0 Å². The smallest absolute Gasteiger partial charge is 0.333 e. The van der Waals surface area contributed by atoms with E-state index < -0.39 is 35.7 Å². The van der Waals surface area contributed by atoms with Crippen LogP contribution in [0.2, 0.25) is 0 Å². The molecule has 59 heavy (non-hydrogen) atoms. The Labute approximate surface area is 343 Å². The molecule has 328 valence electrons. The van der Waals surface area contributed by atoms with E-state index in [-0.39, 0.29) is 133 Å². The fourth-order valence-corrected chi connectivity index (χ4v) is 3.74. The number of esters is 4. The maximum Gasteiger partial charge on any atom is 0.333 e. The molecule has 0 aromatic carbocycles. The number of aromatic nitrogens is 3. The first-order chi connectivity index (χ1) is 28.0. The summed E-state index contributed by atoms with van der Waals surface area (Å²) in [6, 6.07) is 0. The Morgan fingerprint density at radius 3 is 0.915 bits per heavy atom. The summed E-state index contributed by atoms with van der Waals surface area (Å²) in [5.41, 5.74) is 0.809. The molecule has 1 heterocycles. The van der Waals surface area contributed by atoms with E-state index in [4.69, 9.17) is 37.9 Å². The van der Waals surface area contributed by atoms with E-state index in [9.17, 15) is 28.8 Å². The minimum absolute atomic E-state index is 0.0737. The second-order valence-electron chi connectivity index (χ2n) is 12.3. The molecule has 22 heteroatoms. The van der Waals surface area contributed by atoms with Gasteiger partial charge in [0.2, 0.25) is 29.7 Å². The number of amides is 2. The first kappa shape index (κ1) is 51.0. The van der Waals surface area contributed by atoms with E-state index in [0.29, 0.717) is 0 Å². The summed E-state index contributed by atoms with van der Waals surface area (Å²) < 4.78 is 43.4. The van der Waals surface area contributed by atoms with E-state index in [1.54, 1.807) is 0 Å². The summed E-state index contributed by atoms with van der Waals surface area (Å²) in [4.78, 5) is 90.7. The molecule has 0 unspecified atom stereocenters. The van der Waals surface area contributed by atoms with Crippen LogP contribution in [-0.4, -0.2) is 158 Å². The van der Waals surface area contributed by atoms with Gasteiger partial charge in [0.25, 0.3) is 0 Å². The summed E-state index contributed by atoms with van der Waals surface area (Å²) >= 11 is 0. The van der Waals surface area contributed by atoms with Crippen LogP contribution in [0.1, 0.15) is 27.7 Å². The number of nitrogens with one attached hydrogen (secondary N) is 2. The van der Waals surface area contributed by atoms with Crippen LogP contribution in [0.5, 0.6) is 0 Å². The van der Waals surface area contributed by atoms with Gasteiger partial charge >= 0.3 is 23.9 Å². The topological polar surface area (TPSA) is 249 Å². The van der Waals surface area contributed by atoms with Gasteiger partial charge in [-0.25, -0.2) is 19.2 Å². The predicted octanol–water partition coefficient (Wildman–Crippen LogP) is 0.156. The van der Waals surface area contributed by atoms with Crippen LogP contribution < -0.4 is 25.3 Å². The highest BCUT2D eigenvalue weighted by atomic mass is 16.6. The van der Waals surface area contributed by atoms with Gasteiger partial charge < -0.3 is 58.3 Å². The van der Waals surface area contributed by atoms with Crippen LogP contribution in [0.4, 0.5) is 17.8 Å². The van der Waals surface area contributed by atoms with Gasteiger partial charge in [0.05, 0.1) is 26.4 Å². The van der Waals surface area contributed by atoms with E-state index in [1.165, 1.54) is 56.5 Å². The van der Waals surface area contributed by atoms with Crippen LogP contribution in [0, 0.1) is 0 Å². The molecule has 1 aromatic rings. The molecule has 0 aliphatic rings. The van der Waals surface area contributed by atoms with E-state index in [2.05, 4.69) is 51.9 Å². The lowest BCUT2D eigenvalue weighted by Gasteiger charge is -2.28. The molecular weight excluding hydrogens is 780 g/mol. The van der Waals surface area contributed by atoms with Crippen molar-refractivity contribution in [3.63, 3.8) is 0 Å². The van der Waals surface area contributed by atoms with Crippen molar-refractivity contribution >= 4 is 53.5 Å². The molecule has 0 saturated heterocycles. The maximum absolute atomic E-state index is 12.7. The highest BCUT2D eigenvalue weighted by molar-refractivity contribution is 5.88. The van der Waals surface area contributed by atoms with Crippen molar-refractivity contribution in [1.29, 1.82) is 0 Å². The molecule has 1 rings (SSSR count). The molecule has 0 fully saturated rings. The Morgan fingerprint density at radius 1 is 0.441 bits per heavy atom. The monoisotopic (exact) mass is 836 g/mol. The van der Waals surface area contributed by atoms with Crippen LogP contribution in [0.15, 0.2) is 48.6 Å². The standard InChI is InChI=1S/C37H56N8O14/c1-25(2)31(48)56-15-11-52-21-43(19-29(46)38-9)35-40-36(44(20-30(47)39-10)22-53-12-16-57-32(49)26(3)4)42-37(41-35)45(23-54-13-17-58-33(50)27(5)6)24-55-14-18-59-34(51)28(7)8/h1,3,5,7,11-24H2,2,4,6,8-10H3,(H,38,46)(H,39,47).